The fraction of sp³-hybridized carbons (Fsp3) is 0.700. The van der Waals surface area contributed by atoms with Crippen LogP contribution >= 0.6 is 0 Å². The van der Waals surface area contributed by atoms with E-state index < -0.39 is 0 Å². The highest BCUT2D eigenvalue weighted by molar-refractivity contribution is 5.91. The predicted octanol–water partition coefficient (Wildman–Crippen LogP) is 1.72. The zero-order chi connectivity index (χ0) is 10.3. The molecule has 0 saturated heterocycles. The fourth-order valence-electron chi connectivity index (χ4n) is 1.00. The smallest absolute Gasteiger partial charge is 0.260 e. The van der Waals surface area contributed by atoms with Crippen LogP contribution in [0.1, 0.15) is 33.6 Å². The maximum atomic E-state index is 11.3. The molecule has 3 heteroatoms. The van der Waals surface area contributed by atoms with Gasteiger partial charge in [0.05, 0.1) is 0 Å². The summed E-state index contributed by atoms with van der Waals surface area (Å²) in [6.07, 6.45) is 2.08. The van der Waals surface area contributed by atoms with Gasteiger partial charge in [0.2, 0.25) is 0 Å². The number of hydrazine groups is 1. The summed E-state index contributed by atoms with van der Waals surface area (Å²) in [6, 6.07) is 0. The van der Waals surface area contributed by atoms with Gasteiger partial charge >= 0.3 is 0 Å². The van der Waals surface area contributed by atoms with Gasteiger partial charge in [-0.2, -0.15) is 0 Å². The van der Waals surface area contributed by atoms with Crippen LogP contribution in [0, 0.1) is 0 Å². The molecule has 0 aliphatic carbocycles. The van der Waals surface area contributed by atoms with E-state index in [-0.39, 0.29) is 5.91 Å². The molecule has 1 N–H and O–H groups in total. The van der Waals surface area contributed by atoms with E-state index in [2.05, 4.69) is 25.9 Å². The Labute approximate surface area is 80.8 Å². The summed E-state index contributed by atoms with van der Waals surface area (Å²) in [6.45, 7) is 11.3. The highest BCUT2D eigenvalue weighted by Crippen LogP contribution is 1.92. The second-order valence-corrected chi connectivity index (χ2v) is 3.21. The quantitative estimate of drug-likeness (QED) is 0.503. The first-order valence-electron chi connectivity index (χ1n) is 4.83. The molecule has 0 spiro atoms. The fourth-order valence-corrected chi connectivity index (χ4v) is 1.00. The third kappa shape index (κ3) is 5.42. The van der Waals surface area contributed by atoms with Gasteiger partial charge in [-0.15, -0.1) is 0 Å². The highest BCUT2D eigenvalue weighted by atomic mass is 16.2. The molecule has 0 radical (unpaired) electrons. The zero-order valence-electron chi connectivity index (χ0n) is 8.89. The minimum atomic E-state index is -0.0816. The van der Waals surface area contributed by atoms with E-state index in [0.717, 1.165) is 25.9 Å². The number of hydrogen-bond acceptors (Lipinski definition) is 2. The van der Waals surface area contributed by atoms with Gasteiger partial charge < -0.3 is 0 Å². The van der Waals surface area contributed by atoms with E-state index in [4.69, 9.17) is 0 Å². The Bertz CT molecular complexity index is 172. The molecule has 0 aliphatic heterocycles. The van der Waals surface area contributed by atoms with Crippen LogP contribution in [0.25, 0.3) is 0 Å². The average molecular weight is 184 g/mol. The molecule has 0 bridgehead atoms. The number of nitrogens with zero attached hydrogens (tertiary/aromatic N) is 1. The lowest BCUT2D eigenvalue weighted by molar-refractivity contribution is -0.122. The number of carbonyl (C=O) groups is 1. The molecule has 0 unspecified atom stereocenters. The third-order valence-electron chi connectivity index (χ3n) is 1.63. The molecule has 0 saturated carbocycles. The molecule has 13 heavy (non-hydrogen) atoms. The Balaban J connectivity index is 3.93. The van der Waals surface area contributed by atoms with Gasteiger partial charge in [0.25, 0.3) is 5.91 Å². The van der Waals surface area contributed by atoms with Gasteiger partial charge in [-0.25, -0.2) is 5.01 Å². The van der Waals surface area contributed by atoms with Crippen molar-refractivity contribution in [3.8, 4) is 0 Å². The van der Waals surface area contributed by atoms with Crippen LogP contribution in [0.5, 0.6) is 0 Å². The molecule has 0 atom stereocenters. The van der Waals surface area contributed by atoms with Crippen molar-refractivity contribution < 1.29 is 4.79 Å². The molecular weight excluding hydrogens is 164 g/mol. The van der Waals surface area contributed by atoms with Gasteiger partial charge in [-0.3, -0.25) is 10.2 Å². The minimum absolute atomic E-state index is 0.0816. The highest BCUT2D eigenvalue weighted by Gasteiger charge is 2.06. The number of hydrogen-bond donors (Lipinski definition) is 1. The minimum Gasteiger partial charge on any atom is -0.285 e. The molecule has 3 nitrogen and oxygen atoms in total. The summed E-state index contributed by atoms with van der Waals surface area (Å²) in [4.78, 5) is 11.3. The van der Waals surface area contributed by atoms with E-state index in [1.165, 1.54) is 0 Å². The number of nitrogens with one attached hydrogen (secondary N) is 1. The molecule has 0 aromatic carbocycles. The first kappa shape index (κ1) is 12.2. The van der Waals surface area contributed by atoms with Crippen molar-refractivity contribution in [2.45, 2.75) is 33.6 Å². The second kappa shape index (κ2) is 6.66. The normalized spacial score (nSPS) is 10.2. The van der Waals surface area contributed by atoms with Gasteiger partial charge in [-0.1, -0.05) is 20.4 Å². The van der Waals surface area contributed by atoms with Crippen LogP contribution in [0.15, 0.2) is 12.2 Å². The van der Waals surface area contributed by atoms with Gasteiger partial charge in [-0.05, 0) is 19.8 Å². The van der Waals surface area contributed by atoms with Crippen molar-refractivity contribution in [1.29, 1.82) is 0 Å². The summed E-state index contributed by atoms with van der Waals surface area (Å²) in [7, 11) is 0. The largest absolute Gasteiger partial charge is 0.285 e. The van der Waals surface area contributed by atoms with Crippen molar-refractivity contribution in [2.75, 3.05) is 13.1 Å². The molecular formula is C10H20N2O. The van der Waals surface area contributed by atoms with Crippen LogP contribution < -0.4 is 5.43 Å². The van der Waals surface area contributed by atoms with E-state index in [9.17, 15) is 4.79 Å². The Morgan fingerprint density at radius 1 is 1.31 bits per heavy atom. The SMILES string of the molecule is C=C(C)C(=O)NN(CCC)CCC. The summed E-state index contributed by atoms with van der Waals surface area (Å²) >= 11 is 0. The van der Waals surface area contributed by atoms with Gasteiger partial charge in [0.15, 0.2) is 0 Å². The van der Waals surface area contributed by atoms with Crippen LogP contribution in [-0.2, 0) is 4.79 Å². The van der Waals surface area contributed by atoms with E-state index >= 15 is 0 Å². The standard InChI is InChI=1S/C10H20N2O/c1-5-7-12(8-6-2)11-10(13)9(3)4/h3,5-8H2,1-2,4H3,(H,11,13). The van der Waals surface area contributed by atoms with Crippen LogP contribution in [0.3, 0.4) is 0 Å². The van der Waals surface area contributed by atoms with Crippen molar-refractivity contribution in [2.24, 2.45) is 0 Å². The molecule has 0 rings (SSSR count). The van der Waals surface area contributed by atoms with Crippen LogP contribution in [0.2, 0.25) is 0 Å². The van der Waals surface area contributed by atoms with Crippen molar-refractivity contribution >= 4 is 5.91 Å². The molecule has 0 aromatic rings. The third-order valence-corrected chi connectivity index (χ3v) is 1.63. The summed E-state index contributed by atoms with van der Waals surface area (Å²) in [5.41, 5.74) is 3.37. The maximum Gasteiger partial charge on any atom is 0.260 e. The van der Waals surface area contributed by atoms with Gasteiger partial charge in [0, 0.05) is 18.7 Å². The lowest BCUT2D eigenvalue weighted by atomic mass is 10.3. The first-order chi connectivity index (χ1) is 6.11. The topological polar surface area (TPSA) is 32.3 Å². The molecule has 0 heterocycles. The predicted molar refractivity (Wildman–Crippen MR) is 55.1 cm³/mol. The lowest BCUT2D eigenvalue weighted by Crippen LogP contribution is -2.43. The van der Waals surface area contributed by atoms with Crippen LogP contribution in [-0.4, -0.2) is 24.0 Å². The first-order valence-corrected chi connectivity index (χ1v) is 4.83. The number of amides is 1. The molecule has 0 fully saturated rings. The second-order valence-electron chi connectivity index (χ2n) is 3.21. The van der Waals surface area contributed by atoms with Crippen molar-refractivity contribution in [3.63, 3.8) is 0 Å². The van der Waals surface area contributed by atoms with Gasteiger partial charge in [0.1, 0.15) is 0 Å². The Morgan fingerprint density at radius 3 is 2.08 bits per heavy atom. The molecule has 0 aliphatic rings. The van der Waals surface area contributed by atoms with Crippen LogP contribution in [0.4, 0.5) is 0 Å². The maximum absolute atomic E-state index is 11.3. The monoisotopic (exact) mass is 184 g/mol. The zero-order valence-corrected chi connectivity index (χ0v) is 8.89. The Kier molecular flexibility index (Phi) is 6.24. The summed E-state index contributed by atoms with van der Waals surface area (Å²) in [5, 5.41) is 1.94. The summed E-state index contributed by atoms with van der Waals surface area (Å²) < 4.78 is 0. The molecule has 1 amide bonds. The number of carbonyl (C=O) groups excluding carboxylic acids is 1. The van der Waals surface area contributed by atoms with E-state index in [1.54, 1.807) is 6.92 Å². The average Bonchev–Trinajstić information content (AvgIpc) is 2.05. The molecule has 76 valence electrons. The summed E-state index contributed by atoms with van der Waals surface area (Å²) in [5.74, 6) is -0.0816. The van der Waals surface area contributed by atoms with Crippen molar-refractivity contribution in [1.82, 2.24) is 10.4 Å². The lowest BCUT2D eigenvalue weighted by Gasteiger charge is -2.21. The van der Waals surface area contributed by atoms with Crippen molar-refractivity contribution in [3.05, 3.63) is 12.2 Å². The van der Waals surface area contributed by atoms with E-state index in [1.807, 2.05) is 5.01 Å². The van der Waals surface area contributed by atoms with E-state index in [0.29, 0.717) is 5.57 Å². The Morgan fingerprint density at radius 2 is 1.77 bits per heavy atom. The number of rotatable bonds is 6. The Hall–Kier alpha value is -0.830. The molecule has 0 aromatic heterocycles.